The smallest absolute Gasteiger partial charge is 0.327 e. The fourth-order valence-corrected chi connectivity index (χ4v) is 5.57. The Labute approximate surface area is 188 Å². The molecular weight excluding hydrogens is 460 g/mol. The minimum absolute atomic E-state index is 0.00101. The second kappa shape index (κ2) is 8.88. The minimum atomic E-state index is -4.82. The number of benzene rings is 2. The van der Waals surface area contributed by atoms with Gasteiger partial charge in [0.05, 0.1) is 22.5 Å². The molecule has 2 aromatic carbocycles. The predicted octanol–water partition coefficient (Wildman–Crippen LogP) is 4.32. The van der Waals surface area contributed by atoms with Gasteiger partial charge in [-0.1, -0.05) is 24.3 Å². The van der Waals surface area contributed by atoms with Crippen molar-refractivity contribution in [2.45, 2.75) is 30.5 Å². The van der Waals surface area contributed by atoms with E-state index in [0.29, 0.717) is 24.2 Å². The van der Waals surface area contributed by atoms with E-state index in [1.165, 1.54) is 28.6 Å². The molecule has 33 heavy (non-hydrogen) atoms. The van der Waals surface area contributed by atoms with Gasteiger partial charge in [0, 0.05) is 25.2 Å². The summed E-state index contributed by atoms with van der Waals surface area (Å²) in [5, 5.41) is 0. The van der Waals surface area contributed by atoms with Crippen LogP contribution >= 0.6 is 0 Å². The van der Waals surface area contributed by atoms with Crippen LogP contribution in [0.2, 0.25) is 0 Å². The van der Waals surface area contributed by atoms with Gasteiger partial charge in [0.1, 0.15) is 5.83 Å². The largest absolute Gasteiger partial charge is 0.449 e. The van der Waals surface area contributed by atoms with Gasteiger partial charge in [-0.15, -0.1) is 0 Å². The van der Waals surface area contributed by atoms with E-state index in [0.717, 1.165) is 23.5 Å². The Morgan fingerprint density at radius 3 is 2.48 bits per heavy atom. The van der Waals surface area contributed by atoms with Gasteiger partial charge >= 0.3 is 6.18 Å². The van der Waals surface area contributed by atoms with Crippen molar-refractivity contribution in [3.8, 4) is 11.1 Å². The lowest BCUT2D eigenvalue weighted by atomic mass is 10.0. The SMILES string of the molecule is NC/C=C(\F)Cn1c(C(F)(F)F)nc2c(-c3cccc(S(=O)(=O)N4CCCC4)c3)cccc21. The van der Waals surface area contributed by atoms with Gasteiger partial charge in [0.2, 0.25) is 15.8 Å². The van der Waals surface area contributed by atoms with Crippen molar-refractivity contribution in [3.05, 3.63) is 60.2 Å². The van der Waals surface area contributed by atoms with Crippen LogP contribution in [0.25, 0.3) is 22.2 Å². The highest BCUT2D eigenvalue weighted by molar-refractivity contribution is 7.89. The van der Waals surface area contributed by atoms with Crippen LogP contribution < -0.4 is 5.73 Å². The maximum absolute atomic E-state index is 14.1. The second-order valence-electron chi connectivity index (χ2n) is 7.72. The number of para-hydroxylation sites is 1. The number of fused-ring (bicyclic) bond motifs is 1. The average Bonchev–Trinajstić information content (AvgIpc) is 3.43. The normalized spacial score (nSPS) is 16.1. The maximum atomic E-state index is 14.1. The summed E-state index contributed by atoms with van der Waals surface area (Å²) in [6.45, 7) is 0.0471. The molecule has 0 atom stereocenters. The third-order valence-electron chi connectivity index (χ3n) is 5.53. The molecule has 176 valence electrons. The number of nitrogens with two attached hydrogens (primary N) is 1. The standard InChI is InChI=1S/C22H22F4N4O2S/c23-16(9-10-27)14-30-19-8-4-7-18(20(19)28-21(30)22(24,25)26)15-5-3-6-17(13-15)33(31,32)29-11-1-2-12-29/h3-9,13H,1-2,10-12,14,27H2/b16-9-. The molecule has 0 unspecified atom stereocenters. The number of imidazole rings is 1. The molecule has 0 aliphatic carbocycles. The molecule has 0 saturated carbocycles. The molecule has 1 fully saturated rings. The van der Waals surface area contributed by atoms with Crippen LogP contribution in [-0.4, -0.2) is 41.9 Å². The summed E-state index contributed by atoms with van der Waals surface area (Å²) in [5.41, 5.74) is 6.07. The molecule has 2 heterocycles. The van der Waals surface area contributed by atoms with Crippen molar-refractivity contribution in [2.75, 3.05) is 19.6 Å². The number of rotatable bonds is 6. The predicted molar refractivity (Wildman–Crippen MR) is 116 cm³/mol. The molecule has 2 N–H and O–H groups in total. The molecule has 1 aliphatic rings. The lowest BCUT2D eigenvalue weighted by molar-refractivity contribution is -0.146. The van der Waals surface area contributed by atoms with E-state index in [4.69, 9.17) is 5.73 Å². The summed E-state index contributed by atoms with van der Waals surface area (Å²) in [6, 6.07) is 10.6. The molecule has 0 bridgehead atoms. The Morgan fingerprint density at radius 2 is 1.82 bits per heavy atom. The van der Waals surface area contributed by atoms with Crippen molar-refractivity contribution >= 4 is 21.1 Å². The number of hydrogen-bond acceptors (Lipinski definition) is 4. The van der Waals surface area contributed by atoms with Crippen molar-refractivity contribution in [1.29, 1.82) is 0 Å². The van der Waals surface area contributed by atoms with E-state index in [1.54, 1.807) is 18.2 Å². The van der Waals surface area contributed by atoms with Crippen LogP contribution in [0.1, 0.15) is 18.7 Å². The van der Waals surface area contributed by atoms with Crippen LogP contribution in [0, 0.1) is 0 Å². The molecule has 1 saturated heterocycles. The van der Waals surface area contributed by atoms with Gasteiger partial charge in [-0.05, 0) is 42.7 Å². The summed E-state index contributed by atoms with van der Waals surface area (Å²) in [5.74, 6) is -2.06. The molecular formula is C22H22F4N4O2S. The van der Waals surface area contributed by atoms with Crippen LogP contribution in [0.3, 0.4) is 0 Å². The number of aromatic nitrogens is 2. The molecule has 11 heteroatoms. The second-order valence-corrected chi connectivity index (χ2v) is 9.66. The fraction of sp³-hybridized carbons (Fsp3) is 0.318. The Morgan fingerprint density at radius 1 is 1.12 bits per heavy atom. The number of sulfonamides is 1. The number of allylic oxidation sites excluding steroid dienone is 1. The molecule has 1 aliphatic heterocycles. The van der Waals surface area contributed by atoms with Crippen LogP contribution in [-0.2, 0) is 22.7 Å². The highest BCUT2D eigenvalue weighted by atomic mass is 32.2. The molecule has 1 aromatic heterocycles. The number of alkyl halides is 3. The Bertz CT molecular complexity index is 1310. The van der Waals surface area contributed by atoms with Gasteiger partial charge in [-0.2, -0.15) is 17.5 Å². The van der Waals surface area contributed by atoms with E-state index in [1.807, 2.05) is 0 Å². The van der Waals surface area contributed by atoms with Gasteiger partial charge in [-0.25, -0.2) is 17.8 Å². The lowest BCUT2D eigenvalue weighted by Gasteiger charge is -2.16. The third kappa shape index (κ3) is 4.53. The third-order valence-corrected chi connectivity index (χ3v) is 7.42. The van der Waals surface area contributed by atoms with Gasteiger partial charge in [0.25, 0.3) is 0 Å². The van der Waals surface area contributed by atoms with Gasteiger partial charge in [0.15, 0.2) is 0 Å². The monoisotopic (exact) mass is 482 g/mol. The van der Waals surface area contributed by atoms with E-state index in [9.17, 15) is 26.0 Å². The summed E-state index contributed by atoms with van der Waals surface area (Å²) in [4.78, 5) is 3.86. The number of hydrogen-bond donors (Lipinski definition) is 1. The van der Waals surface area contributed by atoms with Crippen molar-refractivity contribution in [2.24, 2.45) is 5.73 Å². The van der Waals surface area contributed by atoms with Crippen molar-refractivity contribution in [3.63, 3.8) is 0 Å². The summed E-state index contributed by atoms with van der Waals surface area (Å²) >= 11 is 0. The lowest BCUT2D eigenvalue weighted by Crippen LogP contribution is -2.27. The van der Waals surface area contributed by atoms with Crippen molar-refractivity contribution in [1.82, 2.24) is 13.9 Å². The van der Waals surface area contributed by atoms with Crippen molar-refractivity contribution < 1.29 is 26.0 Å². The first-order valence-corrected chi connectivity index (χ1v) is 11.8. The molecule has 3 aromatic rings. The van der Waals surface area contributed by atoms with Crippen LogP contribution in [0.15, 0.2) is 59.3 Å². The highest BCUT2D eigenvalue weighted by Crippen LogP contribution is 2.36. The average molecular weight is 483 g/mol. The van der Waals surface area contributed by atoms with E-state index < -0.39 is 34.4 Å². The first-order valence-electron chi connectivity index (χ1n) is 10.3. The fourth-order valence-electron chi connectivity index (χ4n) is 4.00. The highest BCUT2D eigenvalue weighted by Gasteiger charge is 2.38. The summed E-state index contributed by atoms with van der Waals surface area (Å²) in [7, 11) is -3.71. The number of halogens is 4. The van der Waals surface area contributed by atoms with E-state index in [2.05, 4.69) is 4.98 Å². The zero-order valence-corrected chi connectivity index (χ0v) is 18.3. The zero-order valence-electron chi connectivity index (χ0n) is 17.5. The van der Waals surface area contributed by atoms with Crippen LogP contribution in [0.5, 0.6) is 0 Å². The molecule has 0 spiro atoms. The van der Waals surface area contributed by atoms with Gasteiger partial charge < -0.3 is 10.3 Å². The number of nitrogens with zero attached hydrogens (tertiary/aromatic N) is 3. The van der Waals surface area contributed by atoms with Crippen LogP contribution in [0.4, 0.5) is 17.6 Å². The molecule has 4 rings (SSSR count). The Balaban J connectivity index is 1.86. The zero-order chi connectivity index (χ0) is 23.8. The van der Waals surface area contributed by atoms with E-state index in [-0.39, 0.29) is 22.5 Å². The quantitative estimate of drug-likeness (QED) is 0.531. The minimum Gasteiger partial charge on any atom is -0.327 e. The first kappa shape index (κ1) is 23.4. The first-order chi connectivity index (χ1) is 15.6. The molecule has 0 radical (unpaired) electrons. The van der Waals surface area contributed by atoms with E-state index >= 15 is 0 Å². The summed E-state index contributed by atoms with van der Waals surface area (Å²) in [6.07, 6.45) is -2.25. The van der Waals surface area contributed by atoms with Gasteiger partial charge in [-0.3, -0.25) is 0 Å². The topological polar surface area (TPSA) is 81.2 Å². The maximum Gasteiger partial charge on any atom is 0.449 e. The summed E-state index contributed by atoms with van der Waals surface area (Å²) < 4.78 is 83.3. The molecule has 6 nitrogen and oxygen atoms in total. The Kier molecular flexibility index (Phi) is 6.30. The Hall–Kier alpha value is -2.76. The molecule has 0 amide bonds.